The fourth-order valence-electron chi connectivity index (χ4n) is 2.31. The Morgan fingerprint density at radius 2 is 1.67 bits per heavy atom. The van der Waals surface area contributed by atoms with Gasteiger partial charge in [0.1, 0.15) is 5.03 Å². The lowest BCUT2D eigenvalue weighted by Gasteiger charge is -2.14. The van der Waals surface area contributed by atoms with Gasteiger partial charge in [-0.25, -0.2) is 4.98 Å². The number of benzene rings is 2. The van der Waals surface area contributed by atoms with Gasteiger partial charge in [0.25, 0.3) is 5.91 Å². The number of hydrogen-bond acceptors (Lipinski definition) is 3. The van der Waals surface area contributed by atoms with E-state index in [0.717, 1.165) is 15.5 Å². The molecule has 1 heterocycles. The lowest BCUT2D eigenvalue weighted by molar-refractivity contribution is 0.0940. The van der Waals surface area contributed by atoms with Gasteiger partial charge >= 0.3 is 0 Å². The molecule has 0 bridgehead atoms. The summed E-state index contributed by atoms with van der Waals surface area (Å²) in [6.45, 7) is 1.98. The van der Waals surface area contributed by atoms with Crippen LogP contribution < -0.4 is 5.32 Å². The van der Waals surface area contributed by atoms with Gasteiger partial charge in [-0.1, -0.05) is 48.2 Å². The van der Waals surface area contributed by atoms with Crippen LogP contribution in [0.15, 0.2) is 88.9 Å². The van der Waals surface area contributed by atoms with Crippen LogP contribution >= 0.6 is 11.8 Å². The fourth-order valence-corrected chi connectivity index (χ4v) is 3.08. The average molecular weight is 334 g/mol. The molecule has 0 aliphatic carbocycles. The van der Waals surface area contributed by atoms with E-state index in [1.165, 1.54) is 0 Å². The molecule has 3 aromatic rings. The van der Waals surface area contributed by atoms with E-state index in [2.05, 4.69) is 10.3 Å². The van der Waals surface area contributed by atoms with Crippen LogP contribution in [0.1, 0.15) is 28.9 Å². The van der Waals surface area contributed by atoms with Crippen LogP contribution in [-0.2, 0) is 0 Å². The number of rotatable bonds is 5. The molecule has 0 unspecified atom stereocenters. The highest BCUT2D eigenvalue weighted by molar-refractivity contribution is 7.99. The van der Waals surface area contributed by atoms with Crippen LogP contribution in [0.3, 0.4) is 0 Å². The summed E-state index contributed by atoms with van der Waals surface area (Å²) in [7, 11) is 0. The molecule has 1 N–H and O–H groups in total. The lowest BCUT2D eigenvalue weighted by atomic mass is 10.1. The van der Waals surface area contributed by atoms with Crippen LogP contribution in [0.4, 0.5) is 0 Å². The molecule has 1 aromatic heterocycles. The van der Waals surface area contributed by atoms with Crippen molar-refractivity contribution in [1.29, 1.82) is 0 Å². The maximum absolute atomic E-state index is 12.4. The molecule has 0 saturated heterocycles. The van der Waals surface area contributed by atoms with Crippen LogP contribution in [0, 0.1) is 0 Å². The third-order valence-electron chi connectivity index (χ3n) is 3.62. The van der Waals surface area contributed by atoms with Gasteiger partial charge in [0.2, 0.25) is 0 Å². The van der Waals surface area contributed by atoms with E-state index in [9.17, 15) is 4.79 Å². The summed E-state index contributed by atoms with van der Waals surface area (Å²) >= 11 is 1.58. The van der Waals surface area contributed by atoms with E-state index in [-0.39, 0.29) is 11.9 Å². The van der Waals surface area contributed by atoms with Gasteiger partial charge < -0.3 is 5.32 Å². The van der Waals surface area contributed by atoms with E-state index in [0.29, 0.717) is 5.56 Å². The second-order valence-corrected chi connectivity index (χ2v) is 6.49. The largest absolute Gasteiger partial charge is 0.346 e. The van der Waals surface area contributed by atoms with Crippen molar-refractivity contribution in [1.82, 2.24) is 10.3 Å². The molecule has 0 saturated carbocycles. The van der Waals surface area contributed by atoms with E-state index in [1.807, 2.05) is 79.7 Å². The van der Waals surface area contributed by atoms with Gasteiger partial charge in [-0.15, -0.1) is 0 Å². The summed E-state index contributed by atoms with van der Waals surface area (Å²) in [5, 5.41) is 3.96. The van der Waals surface area contributed by atoms with Gasteiger partial charge in [-0.3, -0.25) is 4.79 Å². The first-order valence-corrected chi connectivity index (χ1v) is 8.59. The van der Waals surface area contributed by atoms with Gasteiger partial charge in [-0.2, -0.15) is 0 Å². The molecule has 3 rings (SSSR count). The van der Waals surface area contributed by atoms with Crippen molar-refractivity contribution in [2.24, 2.45) is 0 Å². The molecule has 4 heteroatoms. The SMILES string of the molecule is C[C@H](NC(=O)c1ccc(Sc2ccccn2)cc1)c1ccccc1. The molecule has 120 valence electrons. The zero-order chi connectivity index (χ0) is 16.8. The Labute approximate surface area is 146 Å². The maximum Gasteiger partial charge on any atom is 0.251 e. The molecule has 1 atom stereocenters. The molecule has 2 aromatic carbocycles. The van der Waals surface area contributed by atoms with Gasteiger partial charge in [0, 0.05) is 16.7 Å². The third kappa shape index (κ3) is 4.24. The number of carbonyl (C=O) groups excluding carboxylic acids is 1. The van der Waals surface area contributed by atoms with E-state index >= 15 is 0 Å². The standard InChI is InChI=1S/C20H18N2OS/c1-15(16-7-3-2-4-8-16)22-20(23)17-10-12-18(13-11-17)24-19-9-5-6-14-21-19/h2-15H,1H3,(H,22,23)/t15-/m0/s1. The van der Waals surface area contributed by atoms with Crippen molar-refractivity contribution in [3.05, 3.63) is 90.1 Å². The van der Waals surface area contributed by atoms with E-state index in [4.69, 9.17) is 0 Å². The number of carbonyl (C=O) groups is 1. The second kappa shape index (κ2) is 7.79. The molecular weight excluding hydrogens is 316 g/mol. The predicted octanol–water partition coefficient (Wildman–Crippen LogP) is 4.72. The van der Waals surface area contributed by atoms with Gasteiger partial charge in [-0.05, 0) is 48.9 Å². The van der Waals surface area contributed by atoms with E-state index < -0.39 is 0 Å². The summed E-state index contributed by atoms with van der Waals surface area (Å²) in [5.41, 5.74) is 1.75. The molecule has 0 spiro atoms. The Hall–Kier alpha value is -2.59. The Bertz CT molecular complexity index is 789. The Morgan fingerprint density at radius 3 is 2.33 bits per heavy atom. The number of nitrogens with zero attached hydrogens (tertiary/aromatic N) is 1. The predicted molar refractivity (Wildman–Crippen MR) is 97.1 cm³/mol. The normalized spacial score (nSPS) is 11.7. The zero-order valence-electron chi connectivity index (χ0n) is 13.3. The van der Waals surface area contributed by atoms with Gasteiger partial charge in [0.15, 0.2) is 0 Å². The van der Waals surface area contributed by atoms with Crippen LogP contribution in [0.2, 0.25) is 0 Å². The summed E-state index contributed by atoms with van der Waals surface area (Å²) < 4.78 is 0. The molecule has 0 aliphatic rings. The monoisotopic (exact) mass is 334 g/mol. The van der Waals surface area contributed by atoms with Crippen LogP contribution in [0.5, 0.6) is 0 Å². The number of aromatic nitrogens is 1. The number of nitrogens with one attached hydrogen (secondary N) is 1. The lowest BCUT2D eigenvalue weighted by Crippen LogP contribution is -2.26. The summed E-state index contributed by atoms with van der Waals surface area (Å²) in [4.78, 5) is 17.7. The number of pyridine rings is 1. The van der Waals surface area contributed by atoms with E-state index in [1.54, 1.807) is 18.0 Å². The van der Waals surface area contributed by atoms with Crippen molar-refractivity contribution in [3.63, 3.8) is 0 Å². The minimum absolute atomic E-state index is 0.0266. The summed E-state index contributed by atoms with van der Waals surface area (Å²) in [5.74, 6) is -0.0688. The molecule has 24 heavy (non-hydrogen) atoms. The van der Waals surface area contributed by atoms with Crippen molar-refractivity contribution >= 4 is 17.7 Å². The van der Waals surface area contributed by atoms with Crippen molar-refractivity contribution in [2.75, 3.05) is 0 Å². The first kappa shape index (κ1) is 16.3. The highest BCUT2D eigenvalue weighted by Crippen LogP contribution is 2.25. The molecule has 0 aliphatic heterocycles. The minimum Gasteiger partial charge on any atom is -0.346 e. The van der Waals surface area contributed by atoms with Crippen molar-refractivity contribution in [3.8, 4) is 0 Å². The van der Waals surface area contributed by atoms with Crippen molar-refractivity contribution in [2.45, 2.75) is 22.9 Å². The smallest absolute Gasteiger partial charge is 0.251 e. The van der Waals surface area contributed by atoms with Crippen molar-refractivity contribution < 1.29 is 4.79 Å². The Balaban J connectivity index is 1.63. The highest BCUT2D eigenvalue weighted by atomic mass is 32.2. The Kier molecular flexibility index (Phi) is 5.29. The highest BCUT2D eigenvalue weighted by Gasteiger charge is 2.11. The second-order valence-electron chi connectivity index (χ2n) is 5.40. The average Bonchev–Trinajstić information content (AvgIpc) is 2.64. The first-order valence-electron chi connectivity index (χ1n) is 7.77. The summed E-state index contributed by atoms with van der Waals surface area (Å²) in [6, 6.07) is 23.3. The Morgan fingerprint density at radius 1 is 0.958 bits per heavy atom. The third-order valence-corrected chi connectivity index (χ3v) is 4.58. The number of hydrogen-bond donors (Lipinski definition) is 1. The minimum atomic E-state index is -0.0688. The van der Waals surface area contributed by atoms with Gasteiger partial charge in [0.05, 0.1) is 6.04 Å². The fraction of sp³-hybridized carbons (Fsp3) is 0.100. The zero-order valence-corrected chi connectivity index (χ0v) is 14.2. The summed E-state index contributed by atoms with van der Waals surface area (Å²) in [6.07, 6.45) is 1.77. The molecule has 1 amide bonds. The molecule has 0 fully saturated rings. The maximum atomic E-state index is 12.4. The molecule has 0 radical (unpaired) electrons. The quantitative estimate of drug-likeness (QED) is 0.734. The molecular formula is C20H18N2OS. The van der Waals surface area contributed by atoms with Crippen LogP contribution in [0.25, 0.3) is 0 Å². The number of amides is 1. The molecule has 3 nitrogen and oxygen atoms in total. The van der Waals surface area contributed by atoms with Crippen LogP contribution in [-0.4, -0.2) is 10.9 Å². The first-order chi connectivity index (χ1) is 11.7. The topological polar surface area (TPSA) is 42.0 Å².